The lowest BCUT2D eigenvalue weighted by atomic mass is 10.0. The van der Waals surface area contributed by atoms with Crippen molar-refractivity contribution in [3.63, 3.8) is 0 Å². The number of benzene rings is 2. The van der Waals surface area contributed by atoms with Crippen LogP contribution in [0.1, 0.15) is 29.8 Å². The molecule has 1 aliphatic rings. The van der Waals surface area contributed by atoms with E-state index >= 15 is 0 Å². The number of hydrogen-bond donors (Lipinski definition) is 2. The van der Waals surface area contributed by atoms with Crippen LogP contribution >= 0.6 is 0 Å². The standard InChI is InChI=1S/C23H29N3O3/c1-16(2)21(25-22(27)20-7-5-4-6-17(20)3)23(28)24-18-8-10-19(11-9-18)26-12-14-29-15-13-26/h4-11,16,21H,12-15H2,1-3H3,(H,24,28)(H,25,27). The molecule has 0 aliphatic carbocycles. The molecule has 1 saturated heterocycles. The molecule has 6 heteroatoms. The van der Waals surface area contributed by atoms with E-state index in [1.165, 1.54) is 0 Å². The van der Waals surface area contributed by atoms with E-state index < -0.39 is 6.04 Å². The van der Waals surface area contributed by atoms with Crippen LogP contribution in [0.2, 0.25) is 0 Å². The number of nitrogens with zero attached hydrogens (tertiary/aromatic N) is 1. The first-order valence-corrected chi connectivity index (χ1v) is 10.1. The summed E-state index contributed by atoms with van der Waals surface area (Å²) in [7, 11) is 0. The molecule has 1 fully saturated rings. The zero-order valence-electron chi connectivity index (χ0n) is 17.3. The molecule has 0 spiro atoms. The van der Waals surface area contributed by atoms with Gasteiger partial charge in [0.05, 0.1) is 13.2 Å². The second-order valence-electron chi connectivity index (χ2n) is 7.65. The van der Waals surface area contributed by atoms with E-state index in [0.29, 0.717) is 11.3 Å². The van der Waals surface area contributed by atoms with Crippen LogP contribution in [0.4, 0.5) is 11.4 Å². The van der Waals surface area contributed by atoms with Crippen LogP contribution in [0.15, 0.2) is 48.5 Å². The molecule has 1 atom stereocenters. The number of carbonyl (C=O) groups is 2. The van der Waals surface area contributed by atoms with Gasteiger partial charge in [0.1, 0.15) is 6.04 Å². The Morgan fingerprint density at radius 2 is 1.66 bits per heavy atom. The number of rotatable bonds is 6. The lowest BCUT2D eigenvalue weighted by Crippen LogP contribution is -2.47. The van der Waals surface area contributed by atoms with Crippen LogP contribution in [0, 0.1) is 12.8 Å². The highest BCUT2D eigenvalue weighted by Gasteiger charge is 2.25. The maximum atomic E-state index is 12.8. The van der Waals surface area contributed by atoms with E-state index in [4.69, 9.17) is 4.74 Å². The molecular weight excluding hydrogens is 366 g/mol. The third kappa shape index (κ3) is 5.35. The van der Waals surface area contributed by atoms with Crippen LogP contribution in [0.25, 0.3) is 0 Å². The molecule has 2 N–H and O–H groups in total. The van der Waals surface area contributed by atoms with E-state index in [9.17, 15) is 9.59 Å². The molecule has 0 bridgehead atoms. The number of nitrogens with one attached hydrogen (secondary N) is 2. The van der Waals surface area contributed by atoms with Crippen LogP contribution in [-0.2, 0) is 9.53 Å². The van der Waals surface area contributed by atoms with Crippen molar-refractivity contribution in [1.82, 2.24) is 5.32 Å². The van der Waals surface area contributed by atoms with E-state index in [2.05, 4.69) is 15.5 Å². The molecule has 3 rings (SSSR count). The number of anilines is 2. The molecule has 29 heavy (non-hydrogen) atoms. The molecular formula is C23H29N3O3. The van der Waals surface area contributed by atoms with Crippen molar-refractivity contribution in [3.8, 4) is 0 Å². The predicted octanol–water partition coefficient (Wildman–Crippen LogP) is 3.22. The summed E-state index contributed by atoms with van der Waals surface area (Å²) in [6.45, 7) is 8.92. The maximum Gasteiger partial charge on any atom is 0.252 e. The number of morpholine rings is 1. The minimum absolute atomic E-state index is 0.0457. The Hall–Kier alpha value is -2.86. The monoisotopic (exact) mass is 395 g/mol. The third-order valence-electron chi connectivity index (χ3n) is 5.14. The Morgan fingerprint density at radius 1 is 1.00 bits per heavy atom. The van der Waals surface area contributed by atoms with E-state index in [-0.39, 0.29) is 17.7 Å². The minimum atomic E-state index is -0.624. The highest BCUT2D eigenvalue weighted by molar-refractivity contribution is 6.02. The summed E-state index contributed by atoms with van der Waals surface area (Å²) >= 11 is 0. The molecule has 0 aromatic heterocycles. The van der Waals surface area contributed by atoms with Gasteiger partial charge in [-0.05, 0) is 48.7 Å². The zero-order valence-corrected chi connectivity index (χ0v) is 17.3. The summed E-state index contributed by atoms with van der Waals surface area (Å²) in [5, 5.41) is 5.81. The van der Waals surface area contributed by atoms with Crippen molar-refractivity contribution in [2.45, 2.75) is 26.8 Å². The lowest BCUT2D eigenvalue weighted by Gasteiger charge is -2.29. The minimum Gasteiger partial charge on any atom is -0.378 e. The first-order chi connectivity index (χ1) is 14.0. The first-order valence-electron chi connectivity index (χ1n) is 10.1. The molecule has 1 heterocycles. The molecule has 1 aliphatic heterocycles. The number of amides is 2. The fraction of sp³-hybridized carbons (Fsp3) is 0.391. The highest BCUT2D eigenvalue weighted by Crippen LogP contribution is 2.19. The van der Waals surface area contributed by atoms with Crippen molar-refractivity contribution in [2.75, 3.05) is 36.5 Å². The average Bonchev–Trinajstić information content (AvgIpc) is 2.73. The summed E-state index contributed by atoms with van der Waals surface area (Å²) in [4.78, 5) is 27.7. The summed E-state index contributed by atoms with van der Waals surface area (Å²) in [6, 6.07) is 14.5. The SMILES string of the molecule is Cc1ccccc1C(=O)NC(C(=O)Nc1ccc(N2CCOCC2)cc1)C(C)C. The van der Waals surface area contributed by atoms with Crippen molar-refractivity contribution >= 4 is 23.2 Å². The number of carbonyl (C=O) groups excluding carboxylic acids is 2. The van der Waals surface area contributed by atoms with Gasteiger partial charge in [-0.3, -0.25) is 9.59 Å². The van der Waals surface area contributed by atoms with Crippen molar-refractivity contribution in [2.24, 2.45) is 5.92 Å². The van der Waals surface area contributed by atoms with Gasteiger partial charge >= 0.3 is 0 Å². The molecule has 2 aromatic rings. The van der Waals surface area contributed by atoms with Gasteiger partial charge in [0.25, 0.3) is 5.91 Å². The second kappa shape index (κ2) is 9.56. The molecule has 154 valence electrons. The van der Waals surface area contributed by atoms with E-state index in [1.807, 2.05) is 63.2 Å². The largest absolute Gasteiger partial charge is 0.378 e. The second-order valence-corrected chi connectivity index (χ2v) is 7.65. The normalized spacial score (nSPS) is 15.1. The fourth-order valence-corrected chi connectivity index (χ4v) is 3.38. The van der Waals surface area contributed by atoms with Gasteiger partial charge in [-0.25, -0.2) is 0 Å². The predicted molar refractivity (Wildman–Crippen MR) is 115 cm³/mol. The van der Waals surface area contributed by atoms with Gasteiger partial charge in [0.2, 0.25) is 5.91 Å². The van der Waals surface area contributed by atoms with Crippen molar-refractivity contribution in [1.29, 1.82) is 0 Å². The van der Waals surface area contributed by atoms with Crippen molar-refractivity contribution < 1.29 is 14.3 Å². The fourth-order valence-electron chi connectivity index (χ4n) is 3.38. The van der Waals surface area contributed by atoms with Gasteiger partial charge < -0.3 is 20.3 Å². The lowest BCUT2D eigenvalue weighted by molar-refractivity contribution is -0.118. The summed E-state index contributed by atoms with van der Waals surface area (Å²) in [5.41, 5.74) is 3.29. The van der Waals surface area contributed by atoms with Crippen LogP contribution in [0.5, 0.6) is 0 Å². The highest BCUT2D eigenvalue weighted by atomic mass is 16.5. The Bertz CT molecular complexity index is 843. The van der Waals surface area contributed by atoms with Gasteiger partial charge in [0.15, 0.2) is 0 Å². The number of ether oxygens (including phenoxy) is 1. The molecule has 2 amide bonds. The van der Waals surface area contributed by atoms with Gasteiger partial charge in [-0.15, -0.1) is 0 Å². The summed E-state index contributed by atoms with van der Waals surface area (Å²) < 4.78 is 5.38. The van der Waals surface area contributed by atoms with E-state index in [1.54, 1.807) is 6.07 Å². The first kappa shape index (κ1) is 20.9. The average molecular weight is 396 g/mol. The van der Waals surface area contributed by atoms with Crippen LogP contribution in [0.3, 0.4) is 0 Å². The maximum absolute atomic E-state index is 12.8. The Morgan fingerprint density at radius 3 is 2.28 bits per heavy atom. The third-order valence-corrected chi connectivity index (χ3v) is 5.14. The van der Waals surface area contributed by atoms with Crippen LogP contribution < -0.4 is 15.5 Å². The molecule has 1 unspecified atom stereocenters. The van der Waals surface area contributed by atoms with Crippen molar-refractivity contribution in [3.05, 3.63) is 59.7 Å². The quantitative estimate of drug-likeness (QED) is 0.788. The number of aryl methyl sites for hydroxylation is 1. The Kier molecular flexibility index (Phi) is 6.88. The smallest absolute Gasteiger partial charge is 0.252 e. The Labute approximate surface area is 172 Å². The summed E-state index contributed by atoms with van der Waals surface area (Å²) in [6.07, 6.45) is 0. The van der Waals surface area contributed by atoms with Crippen LogP contribution in [-0.4, -0.2) is 44.2 Å². The zero-order chi connectivity index (χ0) is 20.8. The molecule has 6 nitrogen and oxygen atoms in total. The Balaban J connectivity index is 1.65. The molecule has 0 radical (unpaired) electrons. The van der Waals surface area contributed by atoms with E-state index in [0.717, 1.165) is 37.6 Å². The van der Waals surface area contributed by atoms with Gasteiger partial charge in [0, 0.05) is 30.0 Å². The number of hydrogen-bond acceptors (Lipinski definition) is 4. The molecule has 2 aromatic carbocycles. The van der Waals surface area contributed by atoms with Gasteiger partial charge in [-0.2, -0.15) is 0 Å². The summed E-state index contributed by atoms with van der Waals surface area (Å²) in [5.74, 6) is -0.503. The van der Waals surface area contributed by atoms with Gasteiger partial charge in [-0.1, -0.05) is 32.0 Å². The topological polar surface area (TPSA) is 70.7 Å². The molecule has 0 saturated carbocycles.